The first-order valence-electron chi connectivity index (χ1n) is 3.39. The molecule has 2 aromatic rings. The zero-order chi connectivity index (χ0) is 8.65. The summed E-state index contributed by atoms with van der Waals surface area (Å²) in [7, 11) is 0. The molecular formula is C8H9N3S. The van der Waals surface area contributed by atoms with E-state index < -0.39 is 0 Å². The Morgan fingerprint density at radius 2 is 1.58 bits per heavy atom. The van der Waals surface area contributed by atoms with Crippen LogP contribution in [0.2, 0.25) is 0 Å². The first-order chi connectivity index (χ1) is 5.89. The van der Waals surface area contributed by atoms with Crippen molar-refractivity contribution in [1.82, 2.24) is 9.97 Å². The lowest BCUT2D eigenvalue weighted by Gasteiger charge is -1.82. The molecule has 0 unspecified atom stereocenters. The number of nitrogens with zero attached hydrogens (tertiary/aromatic N) is 2. The Morgan fingerprint density at radius 1 is 1.00 bits per heavy atom. The van der Waals surface area contributed by atoms with Crippen LogP contribution in [0.1, 0.15) is 0 Å². The number of rotatable bonds is 0. The lowest BCUT2D eigenvalue weighted by atomic mass is 10.7. The lowest BCUT2D eigenvalue weighted by molar-refractivity contribution is 1.19. The van der Waals surface area contributed by atoms with Gasteiger partial charge in [0.05, 0.1) is 0 Å². The minimum atomic E-state index is 0.322. The van der Waals surface area contributed by atoms with Crippen molar-refractivity contribution in [1.29, 1.82) is 0 Å². The van der Waals surface area contributed by atoms with Crippen LogP contribution >= 0.6 is 11.3 Å². The largest absolute Gasteiger partial charge is 0.368 e. The second-order valence-electron chi connectivity index (χ2n) is 1.90. The number of hydrogen-bond donors (Lipinski definition) is 1. The van der Waals surface area contributed by atoms with Gasteiger partial charge in [0.25, 0.3) is 0 Å². The van der Waals surface area contributed by atoms with Gasteiger partial charge in [0.1, 0.15) is 0 Å². The number of hydrogen-bond acceptors (Lipinski definition) is 4. The third kappa shape index (κ3) is 3.68. The quantitative estimate of drug-likeness (QED) is 0.671. The number of thiophene rings is 1. The van der Waals surface area contributed by atoms with Gasteiger partial charge >= 0.3 is 0 Å². The Balaban J connectivity index is 0.000000127. The van der Waals surface area contributed by atoms with Gasteiger partial charge in [-0.2, -0.15) is 11.3 Å². The normalized spacial score (nSPS) is 8.33. The van der Waals surface area contributed by atoms with E-state index in [9.17, 15) is 0 Å². The number of anilines is 1. The molecular weight excluding hydrogens is 170 g/mol. The van der Waals surface area contributed by atoms with Crippen molar-refractivity contribution in [2.45, 2.75) is 0 Å². The SMILES string of the molecule is Nc1ncccn1.c1ccsc1. The molecule has 0 spiro atoms. The zero-order valence-corrected chi connectivity index (χ0v) is 7.24. The minimum absolute atomic E-state index is 0.322. The second-order valence-corrected chi connectivity index (χ2v) is 2.72. The van der Waals surface area contributed by atoms with Gasteiger partial charge in [-0.05, 0) is 16.8 Å². The fourth-order valence-electron chi connectivity index (χ4n) is 0.537. The predicted octanol–water partition coefficient (Wildman–Crippen LogP) is 1.81. The molecule has 2 N–H and O–H groups in total. The Hall–Kier alpha value is -1.42. The molecule has 12 heavy (non-hydrogen) atoms. The summed E-state index contributed by atoms with van der Waals surface area (Å²) >= 11 is 1.71. The maximum Gasteiger partial charge on any atom is 0.219 e. The van der Waals surface area contributed by atoms with Crippen LogP contribution in [0.4, 0.5) is 5.95 Å². The summed E-state index contributed by atoms with van der Waals surface area (Å²) in [6.45, 7) is 0. The third-order valence-electron chi connectivity index (χ3n) is 1.01. The highest BCUT2D eigenvalue weighted by molar-refractivity contribution is 7.07. The van der Waals surface area contributed by atoms with Crippen molar-refractivity contribution in [3.8, 4) is 0 Å². The summed E-state index contributed by atoms with van der Waals surface area (Å²) in [6.07, 6.45) is 3.20. The molecule has 0 atom stereocenters. The Bertz CT molecular complexity index is 263. The number of aromatic nitrogens is 2. The van der Waals surface area contributed by atoms with Gasteiger partial charge in [-0.15, -0.1) is 0 Å². The first-order valence-corrected chi connectivity index (χ1v) is 4.33. The molecule has 0 saturated carbocycles. The van der Waals surface area contributed by atoms with Crippen molar-refractivity contribution >= 4 is 17.3 Å². The van der Waals surface area contributed by atoms with E-state index in [4.69, 9.17) is 5.73 Å². The zero-order valence-electron chi connectivity index (χ0n) is 6.42. The van der Waals surface area contributed by atoms with E-state index in [0.29, 0.717) is 5.95 Å². The highest BCUT2D eigenvalue weighted by Gasteiger charge is 1.75. The topological polar surface area (TPSA) is 51.8 Å². The summed E-state index contributed by atoms with van der Waals surface area (Å²) in [5.41, 5.74) is 5.14. The lowest BCUT2D eigenvalue weighted by Crippen LogP contribution is -1.90. The van der Waals surface area contributed by atoms with Crippen molar-refractivity contribution < 1.29 is 0 Å². The molecule has 3 nitrogen and oxygen atoms in total. The van der Waals surface area contributed by atoms with Gasteiger partial charge in [0.2, 0.25) is 5.95 Å². The molecule has 0 aliphatic rings. The summed E-state index contributed by atoms with van der Waals surface area (Å²) in [6, 6.07) is 5.76. The van der Waals surface area contributed by atoms with E-state index in [2.05, 4.69) is 9.97 Å². The van der Waals surface area contributed by atoms with E-state index in [1.165, 1.54) is 0 Å². The van der Waals surface area contributed by atoms with Crippen molar-refractivity contribution in [2.75, 3.05) is 5.73 Å². The molecule has 62 valence electrons. The van der Waals surface area contributed by atoms with Crippen LogP contribution in [0.5, 0.6) is 0 Å². The van der Waals surface area contributed by atoms with Gasteiger partial charge in [-0.1, -0.05) is 12.1 Å². The van der Waals surface area contributed by atoms with Gasteiger partial charge in [0.15, 0.2) is 0 Å². The van der Waals surface area contributed by atoms with Crippen LogP contribution in [0.15, 0.2) is 41.4 Å². The van der Waals surface area contributed by atoms with Crippen LogP contribution in [0.3, 0.4) is 0 Å². The van der Waals surface area contributed by atoms with Crippen molar-refractivity contribution in [3.05, 3.63) is 41.4 Å². The average molecular weight is 179 g/mol. The standard InChI is InChI=1S/C4H5N3.C4H4S/c5-4-6-2-1-3-7-4;1-2-4-5-3-1/h1-3H,(H2,5,6,7);1-4H. The molecule has 0 bridgehead atoms. The van der Waals surface area contributed by atoms with Crippen LogP contribution in [0, 0.1) is 0 Å². The van der Waals surface area contributed by atoms with Gasteiger partial charge in [-0.25, -0.2) is 9.97 Å². The first kappa shape index (κ1) is 8.67. The smallest absolute Gasteiger partial charge is 0.219 e. The molecule has 0 aromatic carbocycles. The molecule has 2 aromatic heterocycles. The fourth-order valence-corrected chi connectivity index (χ4v) is 0.991. The number of nitrogens with two attached hydrogens (primary N) is 1. The van der Waals surface area contributed by atoms with Crippen molar-refractivity contribution in [3.63, 3.8) is 0 Å². The fraction of sp³-hybridized carbons (Fsp3) is 0. The number of nitrogen functional groups attached to an aromatic ring is 1. The van der Waals surface area contributed by atoms with Gasteiger partial charge in [0, 0.05) is 12.4 Å². The molecule has 0 amide bonds. The van der Waals surface area contributed by atoms with E-state index in [1.807, 2.05) is 22.9 Å². The van der Waals surface area contributed by atoms with E-state index in [-0.39, 0.29) is 0 Å². The molecule has 0 radical (unpaired) electrons. The van der Waals surface area contributed by atoms with E-state index >= 15 is 0 Å². The molecule has 0 saturated heterocycles. The summed E-state index contributed by atoms with van der Waals surface area (Å²) in [4.78, 5) is 7.29. The van der Waals surface area contributed by atoms with E-state index in [1.54, 1.807) is 29.8 Å². The molecule has 0 aliphatic heterocycles. The summed E-state index contributed by atoms with van der Waals surface area (Å²) < 4.78 is 0. The Labute approximate surface area is 74.9 Å². The predicted molar refractivity (Wildman–Crippen MR) is 50.8 cm³/mol. The molecule has 0 aliphatic carbocycles. The highest BCUT2D eigenvalue weighted by atomic mass is 32.1. The monoisotopic (exact) mass is 179 g/mol. The van der Waals surface area contributed by atoms with E-state index in [0.717, 1.165) is 0 Å². The molecule has 0 fully saturated rings. The molecule has 2 rings (SSSR count). The van der Waals surface area contributed by atoms with Crippen LogP contribution in [-0.4, -0.2) is 9.97 Å². The van der Waals surface area contributed by atoms with Crippen LogP contribution in [0.25, 0.3) is 0 Å². The van der Waals surface area contributed by atoms with Gasteiger partial charge < -0.3 is 5.73 Å². The van der Waals surface area contributed by atoms with Crippen molar-refractivity contribution in [2.24, 2.45) is 0 Å². The molecule has 2 heterocycles. The van der Waals surface area contributed by atoms with Crippen LogP contribution in [-0.2, 0) is 0 Å². The average Bonchev–Trinajstić information content (AvgIpc) is 2.62. The molecule has 4 heteroatoms. The van der Waals surface area contributed by atoms with Gasteiger partial charge in [-0.3, -0.25) is 0 Å². The Morgan fingerprint density at radius 3 is 1.83 bits per heavy atom. The Kier molecular flexibility index (Phi) is 3.80. The second kappa shape index (κ2) is 5.26. The summed E-state index contributed by atoms with van der Waals surface area (Å²) in [5.74, 6) is 0.322. The summed E-state index contributed by atoms with van der Waals surface area (Å²) in [5, 5.41) is 4.08. The maximum atomic E-state index is 5.14. The maximum absolute atomic E-state index is 5.14. The van der Waals surface area contributed by atoms with Crippen LogP contribution < -0.4 is 5.73 Å². The highest BCUT2D eigenvalue weighted by Crippen LogP contribution is 1.91. The minimum Gasteiger partial charge on any atom is -0.368 e. The third-order valence-corrected chi connectivity index (χ3v) is 1.64.